The number of nitrogens with zero attached hydrogens (tertiary/aromatic N) is 1. The summed E-state index contributed by atoms with van der Waals surface area (Å²) in [6.07, 6.45) is 1.47. The first-order valence-electron chi connectivity index (χ1n) is 8.80. The van der Waals surface area contributed by atoms with Crippen LogP contribution in [0.2, 0.25) is 5.02 Å². The summed E-state index contributed by atoms with van der Waals surface area (Å²) in [5, 5.41) is 23.0. The number of benzene rings is 2. The zero-order valence-electron chi connectivity index (χ0n) is 15.0. The van der Waals surface area contributed by atoms with Gasteiger partial charge in [0, 0.05) is 17.1 Å². The lowest BCUT2D eigenvalue weighted by Crippen LogP contribution is -2.50. The Balaban J connectivity index is 1.74. The van der Waals surface area contributed by atoms with Gasteiger partial charge in [-0.2, -0.15) is 5.26 Å². The van der Waals surface area contributed by atoms with Crippen molar-refractivity contribution in [1.29, 1.82) is 5.26 Å². The van der Waals surface area contributed by atoms with Crippen molar-refractivity contribution < 1.29 is 14.6 Å². The van der Waals surface area contributed by atoms with Gasteiger partial charge in [0.15, 0.2) is 0 Å². The molecule has 0 bridgehead atoms. The minimum atomic E-state index is -0.940. The molecule has 1 fully saturated rings. The minimum Gasteiger partial charge on any atom is -0.496 e. The highest BCUT2D eigenvalue weighted by molar-refractivity contribution is 6.30. The van der Waals surface area contributed by atoms with Crippen molar-refractivity contribution in [1.82, 2.24) is 5.32 Å². The number of methoxy groups -OCH3 is 1. The standard InChI is InChI=1S/C21H21ClN2O3/c1-27-19-7-6-16(22)11-17(19)18(25)13-24-20(26)21(8-3-9-21)15-5-2-4-14(10-15)12-23/h2,4-7,10-11,18,25H,3,8-9,13H2,1H3,(H,24,26). The van der Waals surface area contributed by atoms with E-state index in [9.17, 15) is 9.90 Å². The van der Waals surface area contributed by atoms with Gasteiger partial charge < -0.3 is 15.2 Å². The SMILES string of the molecule is COc1ccc(Cl)cc1C(O)CNC(=O)C1(c2cccc(C#N)c2)CCC1. The van der Waals surface area contributed by atoms with Crippen LogP contribution in [0.1, 0.15) is 42.1 Å². The van der Waals surface area contributed by atoms with E-state index in [-0.39, 0.29) is 12.5 Å². The largest absolute Gasteiger partial charge is 0.496 e. The molecule has 1 atom stereocenters. The molecular formula is C21H21ClN2O3. The molecule has 1 amide bonds. The van der Waals surface area contributed by atoms with Gasteiger partial charge in [0.05, 0.1) is 30.3 Å². The van der Waals surface area contributed by atoms with Crippen molar-refractivity contribution in [2.75, 3.05) is 13.7 Å². The molecule has 3 rings (SSSR count). The van der Waals surface area contributed by atoms with Gasteiger partial charge in [0.1, 0.15) is 5.75 Å². The lowest BCUT2D eigenvalue weighted by molar-refractivity contribution is -0.130. The topological polar surface area (TPSA) is 82.3 Å². The van der Waals surface area contributed by atoms with Gasteiger partial charge in [0.2, 0.25) is 5.91 Å². The van der Waals surface area contributed by atoms with E-state index < -0.39 is 11.5 Å². The van der Waals surface area contributed by atoms with Crippen molar-refractivity contribution in [2.45, 2.75) is 30.8 Å². The number of hydrogen-bond acceptors (Lipinski definition) is 4. The van der Waals surface area contributed by atoms with Crippen LogP contribution in [0.15, 0.2) is 42.5 Å². The average molecular weight is 385 g/mol. The maximum atomic E-state index is 12.9. The van der Waals surface area contributed by atoms with Gasteiger partial charge in [-0.15, -0.1) is 0 Å². The number of halogens is 1. The van der Waals surface area contributed by atoms with Crippen LogP contribution < -0.4 is 10.1 Å². The van der Waals surface area contributed by atoms with Crippen LogP contribution in [-0.2, 0) is 10.2 Å². The lowest BCUT2D eigenvalue weighted by Gasteiger charge is -2.41. The zero-order chi connectivity index (χ0) is 19.4. The lowest BCUT2D eigenvalue weighted by atomic mass is 9.63. The van der Waals surface area contributed by atoms with E-state index in [1.807, 2.05) is 6.07 Å². The fourth-order valence-electron chi connectivity index (χ4n) is 3.50. The van der Waals surface area contributed by atoms with Crippen LogP contribution >= 0.6 is 11.6 Å². The first-order chi connectivity index (χ1) is 13.0. The molecule has 2 aromatic rings. The predicted molar refractivity (Wildman–Crippen MR) is 103 cm³/mol. The number of amides is 1. The number of aliphatic hydroxyl groups excluding tert-OH is 1. The highest BCUT2D eigenvalue weighted by atomic mass is 35.5. The smallest absolute Gasteiger partial charge is 0.230 e. The molecule has 1 aliphatic carbocycles. The molecule has 6 heteroatoms. The Labute approximate surface area is 163 Å². The van der Waals surface area contributed by atoms with Gasteiger partial charge in [-0.25, -0.2) is 0 Å². The number of carbonyl (C=O) groups is 1. The summed E-state index contributed by atoms with van der Waals surface area (Å²) in [5.74, 6) is 0.380. The molecule has 0 aromatic heterocycles. The molecule has 2 N–H and O–H groups in total. The third-order valence-electron chi connectivity index (χ3n) is 5.19. The van der Waals surface area contributed by atoms with E-state index in [0.717, 1.165) is 24.8 Å². The number of carbonyl (C=O) groups excluding carboxylic acids is 1. The normalized spacial score (nSPS) is 15.9. The Morgan fingerprint density at radius 3 is 2.78 bits per heavy atom. The van der Waals surface area contributed by atoms with E-state index in [1.54, 1.807) is 36.4 Å². The Morgan fingerprint density at radius 2 is 2.15 bits per heavy atom. The monoisotopic (exact) mass is 384 g/mol. The molecule has 1 unspecified atom stereocenters. The van der Waals surface area contributed by atoms with Crippen molar-refractivity contribution in [3.05, 3.63) is 64.2 Å². The summed E-state index contributed by atoms with van der Waals surface area (Å²) in [6, 6.07) is 14.3. The minimum absolute atomic E-state index is 0.0508. The molecule has 0 aliphatic heterocycles. The maximum Gasteiger partial charge on any atom is 0.230 e. The molecule has 0 spiro atoms. The number of nitriles is 1. The molecule has 140 valence electrons. The van der Waals surface area contributed by atoms with Gasteiger partial charge in [0.25, 0.3) is 0 Å². The van der Waals surface area contributed by atoms with Gasteiger partial charge in [-0.3, -0.25) is 4.79 Å². The second-order valence-corrected chi connectivity index (χ2v) is 7.18. The van der Waals surface area contributed by atoms with E-state index in [2.05, 4.69) is 11.4 Å². The number of hydrogen-bond donors (Lipinski definition) is 2. The van der Waals surface area contributed by atoms with Crippen molar-refractivity contribution in [2.24, 2.45) is 0 Å². The van der Waals surface area contributed by atoms with Crippen molar-refractivity contribution >= 4 is 17.5 Å². The molecule has 1 saturated carbocycles. The molecule has 2 aromatic carbocycles. The second-order valence-electron chi connectivity index (χ2n) is 6.74. The highest BCUT2D eigenvalue weighted by Gasteiger charge is 2.45. The summed E-state index contributed by atoms with van der Waals surface area (Å²) >= 11 is 6.01. The van der Waals surface area contributed by atoms with E-state index in [4.69, 9.17) is 21.6 Å². The molecule has 5 nitrogen and oxygen atoms in total. The van der Waals surface area contributed by atoms with E-state index >= 15 is 0 Å². The quantitative estimate of drug-likeness (QED) is 0.798. The van der Waals surface area contributed by atoms with Crippen LogP contribution in [0, 0.1) is 11.3 Å². The van der Waals surface area contributed by atoms with Crippen LogP contribution in [0.4, 0.5) is 0 Å². The Bertz CT molecular complexity index is 887. The fraction of sp³-hybridized carbons (Fsp3) is 0.333. The van der Waals surface area contributed by atoms with Gasteiger partial charge >= 0.3 is 0 Å². The maximum absolute atomic E-state index is 12.9. The third-order valence-corrected chi connectivity index (χ3v) is 5.43. The first-order valence-corrected chi connectivity index (χ1v) is 9.18. The summed E-state index contributed by atoms with van der Waals surface area (Å²) in [7, 11) is 1.52. The van der Waals surface area contributed by atoms with Crippen molar-refractivity contribution in [3.63, 3.8) is 0 Å². The van der Waals surface area contributed by atoms with Crippen LogP contribution in [0.5, 0.6) is 5.75 Å². The Morgan fingerprint density at radius 1 is 1.37 bits per heavy atom. The summed E-state index contributed by atoms with van der Waals surface area (Å²) in [4.78, 5) is 12.9. The fourth-order valence-corrected chi connectivity index (χ4v) is 3.68. The molecule has 27 heavy (non-hydrogen) atoms. The second kappa shape index (κ2) is 7.99. The van der Waals surface area contributed by atoms with Crippen LogP contribution in [0.3, 0.4) is 0 Å². The highest BCUT2D eigenvalue weighted by Crippen LogP contribution is 2.44. The first kappa shape index (κ1) is 19.2. The van der Waals surface area contributed by atoms with Crippen LogP contribution in [-0.4, -0.2) is 24.7 Å². The number of rotatable bonds is 6. The Hall–Kier alpha value is -2.55. The molecule has 0 heterocycles. The summed E-state index contributed by atoms with van der Waals surface area (Å²) < 4.78 is 5.26. The molecular weight excluding hydrogens is 364 g/mol. The van der Waals surface area contributed by atoms with E-state index in [1.165, 1.54) is 7.11 Å². The number of nitrogens with one attached hydrogen (secondary N) is 1. The predicted octanol–water partition coefficient (Wildman–Crippen LogP) is 3.49. The zero-order valence-corrected chi connectivity index (χ0v) is 15.8. The number of aliphatic hydroxyl groups is 1. The summed E-state index contributed by atoms with van der Waals surface area (Å²) in [5.41, 5.74) is 1.28. The van der Waals surface area contributed by atoms with Gasteiger partial charge in [-0.05, 0) is 48.7 Å². The molecule has 1 aliphatic rings. The molecule has 0 saturated heterocycles. The summed E-state index contributed by atoms with van der Waals surface area (Å²) in [6.45, 7) is 0.0508. The average Bonchev–Trinajstić information content (AvgIpc) is 2.65. The van der Waals surface area contributed by atoms with Gasteiger partial charge in [-0.1, -0.05) is 30.2 Å². The van der Waals surface area contributed by atoms with Crippen molar-refractivity contribution in [3.8, 4) is 11.8 Å². The molecule has 0 radical (unpaired) electrons. The number of ether oxygens (including phenoxy) is 1. The van der Waals surface area contributed by atoms with E-state index in [0.29, 0.717) is 21.9 Å². The van der Waals surface area contributed by atoms with Crippen LogP contribution in [0.25, 0.3) is 0 Å². The third kappa shape index (κ3) is 3.78. The Kier molecular flexibility index (Phi) is 5.69.